The van der Waals surface area contributed by atoms with Crippen molar-refractivity contribution < 1.29 is 31.5 Å². The number of carbonyl (C=O) groups excluding carboxylic acids is 1. The van der Waals surface area contributed by atoms with E-state index in [1.807, 2.05) is 18.9 Å². The van der Waals surface area contributed by atoms with Gasteiger partial charge in [0.15, 0.2) is 0 Å². The van der Waals surface area contributed by atoms with Gasteiger partial charge in [-0.25, -0.2) is 9.79 Å². The number of aliphatic imine (C=N–C) groups is 1. The largest absolute Gasteiger partial charge is 0.462 e. The molecule has 0 aliphatic carbocycles. The number of carbonyl (C=O) groups is 1. The Hall–Kier alpha value is -2.19. The van der Waals surface area contributed by atoms with Crippen molar-refractivity contribution in [2.75, 3.05) is 20.2 Å². The van der Waals surface area contributed by atoms with E-state index in [1.54, 1.807) is 26.3 Å². The number of rotatable bonds is 7. The van der Waals surface area contributed by atoms with E-state index in [0.717, 1.165) is 6.54 Å². The molecule has 0 radical (unpaired) electrons. The van der Waals surface area contributed by atoms with Crippen molar-refractivity contribution in [1.29, 1.82) is 0 Å². The Morgan fingerprint density at radius 2 is 1.81 bits per heavy atom. The Morgan fingerprint density at radius 1 is 1.19 bits per heavy atom. The van der Waals surface area contributed by atoms with Crippen molar-refractivity contribution in [1.82, 2.24) is 4.90 Å². The van der Waals surface area contributed by atoms with Crippen LogP contribution in [-0.2, 0) is 4.74 Å². The van der Waals surface area contributed by atoms with E-state index in [2.05, 4.69) is 9.73 Å². The molecule has 0 spiro atoms. The average Bonchev–Trinajstić information content (AvgIpc) is 2.54. The van der Waals surface area contributed by atoms with Gasteiger partial charge >= 0.3 is 18.1 Å². The van der Waals surface area contributed by atoms with Crippen LogP contribution in [0.15, 0.2) is 17.1 Å². The zero-order valence-corrected chi connectivity index (χ0v) is 15.0. The second-order valence-corrected chi connectivity index (χ2v) is 5.79. The van der Waals surface area contributed by atoms with Gasteiger partial charge in [-0.1, -0.05) is 0 Å². The molecule has 0 fully saturated rings. The molecule has 1 aromatic carbocycles. The molecule has 0 bridgehead atoms. The highest BCUT2D eigenvalue weighted by molar-refractivity contribution is 5.92. The summed E-state index contributed by atoms with van der Waals surface area (Å²) in [6.07, 6.45) is -5.66. The molecule has 26 heavy (non-hydrogen) atoms. The summed E-state index contributed by atoms with van der Waals surface area (Å²) < 4.78 is 66.5. The van der Waals surface area contributed by atoms with Crippen LogP contribution in [0.4, 0.5) is 27.6 Å². The van der Waals surface area contributed by atoms with Gasteiger partial charge in [0.2, 0.25) is 0 Å². The topological polar surface area (TPSA) is 41.9 Å². The Balaban J connectivity index is 2.82. The summed E-state index contributed by atoms with van der Waals surface area (Å²) in [6, 6.07) is 2.97. The Kier molecular flexibility index (Phi) is 7.11. The molecule has 0 aliphatic heterocycles. The minimum atomic E-state index is -5.67. The predicted octanol–water partition coefficient (Wildman–Crippen LogP) is 4.66. The molecule has 9 heteroatoms. The smallest absolute Gasteiger partial charge is 0.453 e. The highest BCUT2D eigenvalue weighted by Crippen LogP contribution is 2.38. The van der Waals surface area contributed by atoms with Crippen molar-refractivity contribution in [2.45, 2.75) is 39.3 Å². The van der Waals surface area contributed by atoms with Gasteiger partial charge in [-0.05, 0) is 44.0 Å². The van der Waals surface area contributed by atoms with Gasteiger partial charge in [-0.15, -0.1) is 0 Å². The molecular formula is C17H21F5N2O2. The molecule has 0 aliphatic rings. The van der Waals surface area contributed by atoms with Crippen molar-refractivity contribution in [3.8, 4) is 0 Å². The number of hydrogen-bond donors (Lipinski definition) is 0. The molecule has 0 unspecified atom stereocenters. The summed E-state index contributed by atoms with van der Waals surface area (Å²) in [6.45, 7) is 5.02. The van der Waals surface area contributed by atoms with Gasteiger partial charge in [-0.3, -0.25) is 0 Å². The van der Waals surface area contributed by atoms with Crippen LogP contribution in [0.1, 0.15) is 34.8 Å². The maximum atomic E-state index is 12.8. The summed E-state index contributed by atoms with van der Waals surface area (Å²) in [4.78, 5) is 18.1. The summed E-state index contributed by atoms with van der Waals surface area (Å²) in [5, 5.41) is 0. The fraction of sp³-hybridized carbons (Fsp3) is 0.529. The lowest BCUT2D eigenvalue weighted by Crippen LogP contribution is -2.37. The molecule has 0 heterocycles. The lowest BCUT2D eigenvalue weighted by molar-refractivity contribution is -0.286. The zero-order chi connectivity index (χ0) is 20.1. The Labute approximate surface area is 148 Å². The number of benzene rings is 1. The summed E-state index contributed by atoms with van der Waals surface area (Å²) in [7, 11) is 1.84. The molecule has 0 aromatic heterocycles. The van der Waals surface area contributed by atoms with Crippen molar-refractivity contribution in [3.05, 3.63) is 28.8 Å². The Bertz CT molecular complexity index is 672. The van der Waals surface area contributed by atoms with Crippen LogP contribution >= 0.6 is 0 Å². The first-order valence-corrected chi connectivity index (χ1v) is 7.87. The number of esters is 1. The molecule has 0 saturated heterocycles. The van der Waals surface area contributed by atoms with Gasteiger partial charge in [0.1, 0.15) is 0 Å². The molecule has 1 rings (SSSR count). The van der Waals surface area contributed by atoms with Gasteiger partial charge in [0, 0.05) is 13.6 Å². The fourth-order valence-electron chi connectivity index (χ4n) is 1.90. The average molecular weight is 380 g/mol. The van der Waals surface area contributed by atoms with Crippen LogP contribution in [0.3, 0.4) is 0 Å². The van der Waals surface area contributed by atoms with Crippen LogP contribution in [0.25, 0.3) is 0 Å². The third-order valence-corrected chi connectivity index (χ3v) is 3.94. The van der Waals surface area contributed by atoms with Gasteiger partial charge in [0.25, 0.3) is 0 Å². The second-order valence-electron chi connectivity index (χ2n) is 5.79. The molecule has 146 valence electrons. The maximum absolute atomic E-state index is 12.8. The maximum Gasteiger partial charge on any atom is 0.453 e. The minimum absolute atomic E-state index is 0.0978. The molecule has 0 amide bonds. The van der Waals surface area contributed by atoms with Crippen LogP contribution in [-0.4, -0.2) is 49.5 Å². The first-order valence-electron chi connectivity index (χ1n) is 7.87. The molecule has 0 saturated carbocycles. The molecule has 4 nitrogen and oxygen atoms in total. The fourth-order valence-corrected chi connectivity index (χ4v) is 1.90. The number of alkyl halides is 5. The molecular weight excluding hydrogens is 359 g/mol. The predicted molar refractivity (Wildman–Crippen MR) is 88.3 cm³/mol. The number of halogens is 5. The van der Waals surface area contributed by atoms with Crippen molar-refractivity contribution >= 4 is 18.0 Å². The summed E-state index contributed by atoms with van der Waals surface area (Å²) in [5.41, 5.74) is 1.91. The van der Waals surface area contributed by atoms with E-state index < -0.39 is 31.1 Å². The highest BCUT2D eigenvalue weighted by Gasteiger charge is 2.56. The zero-order valence-electron chi connectivity index (χ0n) is 15.0. The van der Waals surface area contributed by atoms with Crippen LogP contribution in [0.2, 0.25) is 0 Å². The number of nitrogens with zero attached hydrogens (tertiary/aromatic N) is 2. The monoisotopic (exact) mass is 380 g/mol. The van der Waals surface area contributed by atoms with Crippen LogP contribution in [0, 0.1) is 13.8 Å². The van der Waals surface area contributed by atoms with E-state index in [0.29, 0.717) is 16.8 Å². The van der Waals surface area contributed by atoms with Crippen molar-refractivity contribution in [2.24, 2.45) is 4.99 Å². The third kappa shape index (κ3) is 5.40. The first kappa shape index (κ1) is 21.9. The van der Waals surface area contributed by atoms with Crippen molar-refractivity contribution in [3.63, 3.8) is 0 Å². The van der Waals surface area contributed by atoms with Gasteiger partial charge in [-0.2, -0.15) is 22.0 Å². The highest BCUT2D eigenvalue weighted by atomic mass is 19.4. The lowest BCUT2D eigenvalue weighted by atomic mass is 10.0. The Morgan fingerprint density at radius 3 is 2.35 bits per heavy atom. The van der Waals surface area contributed by atoms with Gasteiger partial charge in [0.05, 0.1) is 30.6 Å². The minimum Gasteiger partial charge on any atom is -0.462 e. The standard InChI is InChI=1S/C17H21F5N2O2/c1-5-24(4)10-23-14-7-6-13(11(2)12(14)3)15(25)26-9-8-16(18,19)17(20,21)22/h6-7,10H,5,8-9H2,1-4H3/b23-10+. The summed E-state index contributed by atoms with van der Waals surface area (Å²) in [5.74, 6) is -5.85. The SMILES string of the molecule is CCN(C)/C=N/c1ccc(C(=O)OCCC(F)(F)C(F)(F)F)c(C)c1C. The van der Waals surface area contributed by atoms with E-state index in [4.69, 9.17) is 0 Å². The van der Waals surface area contributed by atoms with Crippen LogP contribution in [0.5, 0.6) is 0 Å². The summed E-state index contributed by atoms with van der Waals surface area (Å²) >= 11 is 0. The van der Waals surface area contributed by atoms with E-state index in [-0.39, 0.29) is 5.56 Å². The quantitative estimate of drug-likeness (QED) is 0.299. The third-order valence-electron chi connectivity index (χ3n) is 3.94. The van der Waals surface area contributed by atoms with E-state index in [9.17, 15) is 26.7 Å². The second kappa shape index (κ2) is 8.46. The first-order chi connectivity index (χ1) is 11.9. The van der Waals surface area contributed by atoms with Gasteiger partial charge < -0.3 is 9.64 Å². The number of hydrogen-bond acceptors (Lipinski definition) is 3. The molecule has 0 N–H and O–H groups in total. The lowest BCUT2D eigenvalue weighted by Gasteiger charge is -2.19. The van der Waals surface area contributed by atoms with Crippen LogP contribution < -0.4 is 0 Å². The van der Waals surface area contributed by atoms with E-state index >= 15 is 0 Å². The molecule has 1 aromatic rings. The number of ether oxygens (including phenoxy) is 1. The van der Waals surface area contributed by atoms with E-state index in [1.165, 1.54) is 6.07 Å². The normalized spacial score (nSPS) is 12.5. The molecule has 0 atom stereocenters.